The maximum atomic E-state index is 13.0. The van der Waals surface area contributed by atoms with Gasteiger partial charge in [0.05, 0.1) is 11.9 Å². The third-order valence-electron chi connectivity index (χ3n) is 3.99. The van der Waals surface area contributed by atoms with Gasteiger partial charge in [-0.1, -0.05) is 35.9 Å². The lowest BCUT2D eigenvalue weighted by Crippen LogP contribution is -2.33. The molecule has 2 atom stereocenters. The molecule has 0 bridgehead atoms. The molecule has 0 saturated carbocycles. The fourth-order valence-electron chi connectivity index (χ4n) is 2.93. The lowest BCUT2D eigenvalue weighted by Gasteiger charge is -2.33. The van der Waals surface area contributed by atoms with E-state index in [4.69, 9.17) is 16.3 Å². The zero-order valence-corrected chi connectivity index (χ0v) is 12.9. The van der Waals surface area contributed by atoms with Crippen LogP contribution in [-0.4, -0.2) is 15.3 Å². The number of ketones is 1. The average molecular weight is 325 g/mol. The van der Waals surface area contributed by atoms with Gasteiger partial charge in [-0.2, -0.15) is 0 Å². The number of aromatic nitrogens is 2. The summed E-state index contributed by atoms with van der Waals surface area (Å²) < 4.78 is 7.93. The molecule has 4 nitrogen and oxygen atoms in total. The van der Waals surface area contributed by atoms with E-state index in [-0.39, 0.29) is 5.78 Å². The topological polar surface area (TPSA) is 44.1 Å². The Hall–Kier alpha value is -2.59. The highest BCUT2D eigenvalue weighted by Crippen LogP contribution is 2.41. The molecule has 4 rings (SSSR count). The van der Waals surface area contributed by atoms with Crippen molar-refractivity contribution in [1.82, 2.24) is 9.55 Å². The van der Waals surface area contributed by atoms with Crippen molar-refractivity contribution in [2.45, 2.75) is 12.1 Å². The van der Waals surface area contributed by atoms with Crippen LogP contribution < -0.4 is 4.74 Å². The minimum atomic E-state index is -0.508. The van der Waals surface area contributed by atoms with Crippen LogP contribution in [-0.2, 0) is 0 Å². The zero-order chi connectivity index (χ0) is 15.8. The minimum absolute atomic E-state index is 0.00910. The Labute approximate surface area is 138 Å². The van der Waals surface area contributed by atoms with Crippen LogP contribution in [0.5, 0.6) is 5.75 Å². The fourth-order valence-corrected chi connectivity index (χ4v) is 3.13. The Bertz CT molecular complexity index is 861. The SMILES string of the molecule is O=C1c2ccccc2O[C@@H](c2cccc(Cl)c2)[C@@H]1n1ccnc1. The number of hydrogen-bond donors (Lipinski definition) is 0. The van der Waals surface area contributed by atoms with Crippen molar-refractivity contribution in [3.8, 4) is 5.75 Å². The Balaban J connectivity index is 1.87. The number of carbonyl (C=O) groups excluding carboxylic acids is 1. The van der Waals surface area contributed by atoms with Crippen molar-refractivity contribution in [2.75, 3.05) is 0 Å². The third-order valence-corrected chi connectivity index (χ3v) is 4.22. The number of fused-ring (bicyclic) bond motifs is 1. The summed E-state index contributed by atoms with van der Waals surface area (Å²) in [7, 11) is 0. The summed E-state index contributed by atoms with van der Waals surface area (Å²) in [5.74, 6) is 0.605. The molecule has 0 spiro atoms. The standard InChI is InChI=1S/C18H13ClN2O2/c19-13-5-3-4-12(10-13)18-16(21-9-8-20-11-21)17(22)14-6-1-2-7-15(14)23-18/h1-11,16,18H/t16-,18+/m1/s1. The molecular weight excluding hydrogens is 312 g/mol. The summed E-state index contributed by atoms with van der Waals surface area (Å²) in [4.78, 5) is 17.1. The third kappa shape index (κ3) is 2.41. The molecule has 1 aromatic heterocycles. The molecule has 0 unspecified atom stereocenters. The van der Waals surface area contributed by atoms with Crippen LogP contribution in [0.1, 0.15) is 28.1 Å². The second-order valence-corrected chi connectivity index (χ2v) is 5.85. The fraction of sp³-hybridized carbons (Fsp3) is 0.111. The molecule has 0 aliphatic carbocycles. The highest BCUT2D eigenvalue weighted by atomic mass is 35.5. The number of nitrogens with zero attached hydrogens (tertiary/aromatic N) is 2. The van der Waals surface area contributed by atoms with E-state index >= 15 is 0 Å². The predicted octanol–water partition coefficient (Wildman–Crippen LogP) is 4.09. The monoisotopic (exact) mass is 324 g/mol. The van der Waals surface area contributed by atoms with Gasteiger partial charge in [0.2, 0.25) is 0 Å². The molecule has 0 saturated heterocycles. The minimum Gasteiger partial charge on any atom is -0.482 e. The predicted molar refractivity (Wildman–Crippen MR) is 86.9 cm³/mol. The highest BCUT2D eigenvalue weighted by Gasteiger charge is 2.39. The highest BCUT2D eigenvalue weighted by molar-refractivity contribution is 6.30. The quantitative estimate of drug-likeness (QED) is 0.713. The number of hydrogen-bond acceptors (Lipinski definition) is 3. The Kier molecular flexibility index (Phi) is 3.39. The van der Waals surface area contributed by atoms with E-state index in [9.17, 15) is 4.79 Å². The van der Waals surface area contributed by atoms with Crippen LogP contribution in [0.4, 0.5) is 0 Å². The summed E-state index contributed by atoms with van der Waals surface area (Å²) in [6.45, 7) is 0. The first-order valence-corrected chi connectivity index (χ1v) is 7.64. The van der Waals surface area contributed by atoms with Crippen LogP contribution in [0, 0.1) is 0 Å². The molecule has 5 heteroatoms. The van der Waals surface area contributed by atoms with Crippen molar-refractivity contribution >= 4 is 17.4 Å². The van der Waals surface area contributed by atoms with Gasteiger partial charge in [-0.15, -0.1) is 0 Å². The Morgan fingerprint density at radius 3 is 2.78 bits per heavy atom. The number of ether oxygens (including phenoxy) is 1. The molecular formula is C18H13ClN2O2. The van der Waals surface area contributed by atoms with Gasteiger partial charge in [-0.05, 0) is 29.8 Å². The molecule has 2 aromatic carbocycles. The van der Waals surface area contributed by atoms with Gasteiger partial charge in [-0.25, -0.2) is 4.98 Å². The van der Waals surface area contributed by atoms with Gasteiger partial charge in [0, 0.05) is 17.4 Å². The summed E-state index contributed by atoms with van der Waals surface area (Å²) in [6, 6.07) is 14.2. The maximum Gasteiger partial charge on any atom is 0.193 e. The first-order valence-electron chi connectivity index (χ1n) is 7.27. The molecule has 114 valence electrons. The number of halogens is 1. The van der Waals surface area contributed by atoms with Crippen molar-refractivity contribution < 1.29 is 9.53 Å². The molecule has 2 heterocycles. The van der Waals surface area contributed by atoms with Crippen molar-refractivity contribution in [2.24, 2.45) is 0 Å². The zero-order valence-electron chi connectivity index (χ0n) is 12.1. The van der Waals surface area contributed by atoms with E-state index in [1.54, 1.807) is 35.4 Å². The van der Waals surface area contributed by atoms with Gasteiger partial charge in [0.15, 0.2) is 11.9 Å². The molecule has 0 radical (unpaired) electrons. The van der Waals surface area contributed by atoms with Crippen LogP contribution in [0.2, 0.25) is 5.02 Å². The van der Waals surface area contributed by atoms with E-state index in [0.29, 0.717) is 16.3 Å². The number of benzene rings is 2. The van der Waals surface area contributed by atoms with E-state index in [2.05, 4.69) is 4.98 Å². The first kappa shape index (κ1) is 14.0. The molecule has 0 fully saturated rings. The number of para-hydroxylation sites is 1. The van der Waals surface area contributed by atoms with Gasteiger partial charge >= 0.3 is 0 Å². The van der Waals surface area contributed by atoms with Gasteiger partial charge < -0.3 is 9.30 Å². The van der Waals surface area contributed by atoms with Gasteiger partial charge in [0.1, 0.15) is 11.8 Å². The molecule has 0 amide bonds. The second-order valence-electron chi connectivity index (χ2n) is 5.41. The maximum absolute atomic E-state index is 13.0. The molecule has 0 N–H and O–H groups in total. The van der Waals surface area contributed by atoms with Crippen LogP contribution in [0.3, 0.4) is 0 Å². The van der Waals surface area contributed by atoms with Crippen LogP contribution >= 0.6 is 11.6 Å². The van der Waals surface area contributed by atoms with E-state index in [1.165, 1.54) is 0 Å². The largest absolute Gasteiger partial charge is 0.482 e. The summed E-state index contributed by atoms with van der Waals surface area (Å²) >= 11 is 6.11. The van der Waals surface area contributed by atoms with E-state index in [0.717, 1.165) is 5.56 Å². The molecule has 1 aliphatic heterocycles. The number of carbonyl (C=O) groups is 1. The lowest BCUT2D eigenvalue weighted by atomic mass is 9.91. The van der Waals surface area contributed by atoms with Gasteiger partial charge in [-0.3, -0.25) is 4.79 Å². The second kappa shape index (κ2) is 5.56. The van der Waals surface area contributed by atoms with Gasteiger partial charge in [0.25, 0.3) is 0 Å². The van der Waals surface area contributed by atoms with Crippen molar-refractivity contribution in [1.29, 1.82) is 0 Å². The average Bonchev–Trinajstić information content (AvgIpc) is 3.09. The van der Waals surface area contributed by atoms with E-state index in [1.807, 2.05) is 36.4 Å². The summed E-state index contributed by atoms with van der Waals surface area (Å²) in [5.41, 5.74) is 1.45. The number of rotatable bonds is 2. The smallest absolute Gasteiger partial charge is 0.193 e. The summed E-state index contributed by atoms with van der Waals surface area (Å²) in [6.07, 6.45) is 4.61. The Morgan fingerprint density at radius 1 is 1.13 bits per heavy atom. The van der Waals surface area contributed by atoms with E-state index < -0.39 is 12.1 Å². The molecule has 23 heavy (non-hydrogen) atoms. The van der Waals surface area contributed by atoms with Crippen LogP contribution in [0.15, 0.2) is 67.3 Å². The lowest BCUT2D eigenvalue weighted by molar-refractivity contribution is 0.0677. The van der Waals surface area contributed by atoms with Crippen molar-refractivity contribution in [3.63, 3.8) is 0 Å². The summed E-state index contributed by atoms with van der Waals surface area (Å²) in [5, 5.41) is 0.613. The normalized spacial score (nSPS) is 20.0. The number of Topliss-reactive ketones (excluding diaryl/α,β-unsaturated/α-hetero) is 1. The van der Waals surface area contributed by atoms with Crippen LogP contribution in [0.25, 0.3) is 0 Å². The number of imidazole rings is 1. The molecule has 1 aliphatic rings. The first-order chi connectivity index (χ1) is 11.2. The Morgan fingerprint density at radius 2 is 2.00 bits per heavy atom. The van der Waals surface area contributed by atoms with Crippen molar-refractivity contribution in [3.05, 3.63) is 83.4 Å². The molecule has 3 aromatic rings.